The first-order valence-electron chi connectivity index (χ1n) is 5.73. The largest absolute Gasteiger partial charge is 0.507 e. The van der Waals surface area contributed by atoms with Crippen LogP contribution in [0.25, 0.3) is 11.1 Å². The van der Waals surface area contributed by atoms with Gasteiger partial charge in [-0.1, -0.05) is 0 Å². The Balaban J connectivity index is 2.80. The summed E-state index contributed by atoms with van der Waals surface area (Å²) in [6, 6.07) is 4.01. The summed E-state index contributed by atoms with van der Waals surface area (Å²) in [5.41, 5.74) is 6.55. The Hall–Kier alpha value is -1.83. The smallest absolute Gasteiger partial charge is 0.121 e. The molecule has 1 aromatic heterocycles. The molecule has 17 heavy (non-hydrogen) atoms. The molecule has 2 rings (SSSR count). The molecule has 2 aromatic rings. The molecule has 0 saturated carbocycles. The minimum atomic E-state index is 0.415. The normalized spacial score (nSPS) is 10.6. The molecule has 0 unspecified atom stereocenters. The van der Waals surface area contributed by atoms with Crippen molar-refractivity contribution in [2.24, 2.45) is 0 Å². The Morgan fingerprint density at radius 1 is 0.824 bits per heavy atom. The summed E-state index contributed by atoms with van der Waals surface area (Å²) in [5, 5.41) is 10.0. The van der Waals surface area contributed by atoms with Gasteiger partial charge >= 0.3 is 0 Å². The number of aromatic hydroxyl groups is 1. The highest BCUT2D eigenvalue weighted by atomic mass is 16.3. The predicted octanol–water partition coefficient (Wildman–Crippen LogP) is 3.69. The number of aromatic nitrogens is 1. The van der Waals surface area contributed by atoms with Crippen molar-refractivity contribution in [2.45, 2.75) is 27.7 Å². The molecule has 2 nitrogen and oxygen atoms in total. The van der Waals surface area contributed by atoms with Crippen molar-refractivity contribution in [1.29, 1.82) is 0 Å². The number of pyridine rings is 1. The monoisotopic (exact) mass is 227 g/mol. The number of hydrogen-bond acceptors (Lipinski definition) is 2. The Labute approximate surface area is 102 Å². The third-order valence-corrected chi connectivity index (χ3v) is 3.55. The van der Waals surface area contributed by atoms with Gasteiger partial charge < -0.3 is 5.11 Å². The van der Waals surface area contributed by atoms with E-state index in [2.05, 4.69) is 18.8 Å². The fourth-order valence-electron chi connectivity index (χ4n) is 2.24. The topological polar surface area (TPSA) is 33.1 Å². The van der Waals surface area contributed by atoms with E-state index in [1.54, 1.807) is 12.4 Å². The van der Waals surface area contributed by atoms with Crippen LogP contribution in [-0.4, -0.2) is 10.1 Å². The summed E-state index contributed by atoms with van der Waals surface area (Å²) in [6.45, 7) is 8.03. The Morgan fingerprint density at radius 3 is 1.76 bits per heavy atom. The molecule has 1 heterocycles. The first-order valence-corrected chi connectivity index (χ1v) is 5.73. The van der Waals surface area contributed by atoms with Crippen LogP contribution in [0.1, 0.15) is 22.3 Å². The van der Waals surface area contributed by atoms with Crippen LogP contribution in [0, 0.1) is 27.7 Å². The van der Waals surface area contributed by atoms with Crippen molar-refractivity contribution in [3.63, 3.8) is 0 Å². The van der Waals surface area contributed by atoms with Crippen LogP contribution in [-0.2, 0) is 0 Å². The minimum absolute atomic E-state index is 0.415. The standard InChI is InChI=1S/C15H17NO/c1-9-11(3)15(17)12(4)10(2)14(9)13-5-7-16-8-6-13/h5-8,17H,1-4H3. The molecule has 2 heteroatoms. The maximum Gasteiger partial charge on any atom is 0.121 e. The maximum atomic E-state index is 10.0. The second-order valence-corrected chi connectivity index (χ2v) is 4.46. The van der Waals surface area contributed by atoms with Crippen LogP contribution in [0.3, 0.4) is 0 Å². The van der Waals surface area contributed by atoms with Gasteiger partial charge in [0.2, 0.25) is 0 Å². The van der Waals surface area contributed by atoms with Gasteiger partial charge in [0, 0.05) is 12.4 Å². The fourth-order valence-corrected chi connectivity index (χ4v) is 2.24. The highest BCUT2D eigenvalue weighted by molar-refractivity contribution is 5.75. The van der Waals surface area contributed by atoms with Crippen LogP contribution < -0.4 is 0 Å². The van der Waals surface area contributed by atoms with E-state index in [9.17, 15) is 5.11 Å². The summed E-state index contributed by atoms with van der Waals surface area (Å²) >= 11 is 0. The number of rotatable bonds is 1. The minimum Gasteiger partial charge on any atom is -0.507 e. The zero-order chi connectivity index (χ0) is 12.6. The lowest BCUT2D eigenvalue weighted by Crippen LogP contribution is -1.96. The van der Waals surface area contributed by atoms with Crippen molar-refractivity contribution < 1.29 is 5.11 Å². The molecule has 88 valence electrons. The summed E-state index contributed by atoms with van der Waals surface area (Å²) < 4.78 is 0. The summed E-state index contributed by atoms with van der Waals surface area (Å²) in [6.07, 6.45) is 3.59. The number of phenolic OH excluding ortho intramolecular Hbond substituents is 1. The first-order chi connectivity index (χ1) is 8.04. The second kappa shape index (κ2) is 4.21. The van der Waals surface area contributed by atoms with Crippen molar-refractivity contribution >= 4 is 0 Å². The van der Waals surface area contributed by atoms with Crippen LogP contribution in [0.2, 0.25) is 0 Å². The zero-order valence-corrected chi connectivity index (χ0v) is 10.7. The maximum absolute atomic E-state index is 10.0. The molecule has 0 aliphatic carbocycles. The Bertz CT molecular complexity index is 530. The first kappa shape index (κ1) is 11.6. The molecule has 0 atom stereocenters. The van der Waals surface area contributed by atoms with Crippen molar-refractivity contribution in [3.05, 3.63) is 46.8 Å². The third-order valence-electron chi connectivity index (χ3n) is 3.55. The lowest BCUT2D eigenvalue weighted by atomic mass is 9.89. The summed E-state index contributed by atoms with van der Waals surface area (Å²) in [4.78, 5) is 4.04. The Morgan fingerprint density at radius 2 is 1.29 bits per heavy atom. The summed E-state index contributed by atoms with van der Waals surface area (Å²) in [5.74, 6) is 0.415. The van der Waals surface area contributed by atoms with E-state index in [1.165, 1.54) is 5.56 Å². The van der Waals surface area contributed by atoms with Crippen LogP contribution in [0.15, 0.2) is 24.5 Å². The number of nitrogens with zero attached hydrogens (tertiary/aromatic N) is 1. The molecular weight excluding hydrogens is 210 g/mol. The van der Waals surface area contributed by atoms with Gasteiger partial charge in [0.05, 0.1) is 0 Å². The van der Waals surface area contributed by atoms with Crippen molar-refractivity contribution in [2.75, 3.05) is 0 Å². The lowest BCUT2D eigenvalue weighted by molar-refractivity contribution is 0.466. The quantitative estimate of drug-likeness (QED) is 0.806. The summed E-state index contributed by atoms with van der Waals surface area (Å²) in [7, 11) is 0. The van der Waals surface area contributed by atoms with Gasteiger partial charge in [-0.05, 0) is 73.2 Å². The molecule has 1 aromatic carbocycles. The average Bonchev–Trinajstić information content (AvgIpc) is 2.36. The van der Waals surface area contributed by atoms with Crippen LogP contribution >= 0.6 is 0 Å². The number of benzene rings is 1. The van der Waals surface area contributed by atoms with E-state index in [1.807, 2.05) is 26.0 Å². The highest BCUT2D eigenvalue weighted by Gasteiger charge is 2.14. The van der Waals surface area contributed by atoms with E-state index in [-0.39, 0.29) is 0 Å². The third kappa shape index (κ3) is 1.80. The average molecular weight is 227 g/mol. The van der Waals surface area contributed by atoms with Gasteiger partial charge in [0.15, 0.2) is 0 Å². The molecule has 0 fully saturated rings. The zero-order valence-electron chi connectivity index (χ0n) is 10.7. The van der Waals surface area contributed by atoms with Crippen LogP contribution in [0.5, 0.6) is 5.75 Å². The second-order valence-electron chi connectivity index (χ2n) is 4.46. The van der Waals surface area contributed by atoms with Gasteiger partial charge in [-0.3, -0.25) is 4.98 Å². The van der Waals surface area contributed by atoms with E-state index < -0.39 is 0 Å². The Kier molecular flexibility index (Phi) is 2.88. The van der Waals surface area contributed by atoms with E-state index in [0.717, 1.165) is 27.8 Å². The van der Waals surface area contributed by atoms with Gasteiger partial charge in [0.25, 0.3) is 0 Å². The lowest BCUT2D eigenvalue weighted by Gasteiger charge is -2.17. The molecule has 0 aliphatic rings. The van der Waals surface area contributed by atoms with Crippen molar-refractivity contribution in [1.82, 2.24) is 4.98 Å². The van der Waals surface area contributed by atoms with Crippen molar-refractivity contribution in [3.8, 4) is 16.9 Å². The van der Waals surface area contributed by atoms with Gasteiger partial charge in [-0.25, -0.2) is 0 Å². The number of hydrogen-bond donors (Lipinski definition) is 1. The van der Waals surface area contributed by atoms with Gasteiger partial charge in [0.1, 0.15) is 5.75 Å². The molecule has 0 aliphatic heterocycles. The van der Waals surface area contributed by atoms with E-state index >= 15 is 0 Å². The molecule has 0 spiro atoms. The number of phenols is 1. The van der Waals surface area contributed by atoms with E-state index in [4.69, 9.17) is 0 Å². The molecule has 0 bridgehead atoms. The molecule has 0 amide bonds. The van der Waals surface area contributed by atoms with Gasteiger partial charge in [-0.2, -0.15) is 0 Å². The predicted molar refractivity (Wildman–Crippen MR) is 70.3 cm³/mol. The molecule has 1 N–H and O–H groups in total. The molecule has 0 radical (unpaired) electrons. The molecular formula is C15H17NO. The highest BCUT2D eigenvalue weighted by Crippen LogP contribution is 2.37. The van der Waals surface area contributed by atoms with Crippen LogP contribution in [0.4, 0.5) is 0 Å². The molecule has 0 saturated heterocycles. The fraction of sp³-hybridized carbons (Fsp3) is 0.267. The SMILES string of the molecule is Cc1c(C)c(-c2ccncc2)c(C)c(C)c1O. The van der Waals surface area contributed by atoms with E-state index in [0.29, 0.717) is 5.75 Å². The van der Waals surface area contributed by atoms with Gasteiger partial charge in [-0.15, -0.1) is 0 Å².